The molecule has 0 spiro atoms. The van der Waals surface area contributed by atoms with Gasteiger partial charge in [-0.05, 0) is 18.9 Å². The third kappa shape index (κ3) is 4.97. The standard InChI is InChI=1S/C17H28N2O/c1-13(20)15(12-14-10-8-7-9-11-14)16(17(2,3)4)18-19(5)6/h7-11,13,15,20H,12H2,1-6H3/b18-16-. The van der Waals surface area contributed by atoms with Crippen LogP contribution < -0.4 is 0 Å². The van der Waals surface area contributed by atoms with Gasteiger partial charge >= 0.3 is 0 Å². The largest absolute Gasteiger partial charge is 0.393 e. The Labute approximate surface area is 123 Å². The van der Waals surface area contributed by atoms with Crippen molar-refractivity contribution in [2.24, 2.45) is 16.4 Å². The smallest absolute Gasteiger partial charge is 0.0596 e. The number of hydrogen-bond donors (Lipinski definition) is 1. The van der Waals surface area contributed by atoms with Gasteiger partial charge in [0.1, 0.15) is 0 Å². The van der Waals surface area contributed by atoms with Gasteiger partial charge in [-0.1, -0.05) is 51.1 Å². The Hall–Kier alpha value is -1.35. The van der Waals surface area contributed by atoms with Gasteiger partial charge < -0.3 is 10.1 Å². The van der Waals surface area contributed by atoms with Gasteiger partial charge in [-0.25, -0.2) is 0 Å². The van der Waals surface area contributed by atoms with Crippen molar-refractivity contribution >= 4 is 5.71 Å². The highest BCUT2D eigenvalue weighted by atomic mass is 16.3. The van der Waals surface area contributed by atoms with E-state index in [1.807, 2.05) is 44.2 Å². The summed E-state index contributed by atoms with van der Waals surface area (Å²) in [5.74, 6) is 0.0276. The number of hydrazone groups is 1. The van der Waals surface area contributed by atoms with Crippen LogP contribution in [-0.2, 0) is 6.42 Å². The first-order chi connectivity index (χ1) is 9.21. The molecule has 0 saturated heterocycles. The molecule has 1 aromatic carbocycles. The van der Waals surface area contributed by atoms with E-state index in [1.165, 1.54) is 5.56 Å². The van der Waals surface area contributed by atoms with E-state index in [2.05, 4.69) is 38.0 Å². The maximum atomic E-state index is 10.2. The number of rotatable bonds is 5. The summed E-state index contributed by atoms with van der Waals surface area (Å²) in [4.78, 5) is 0. The minimum absolute atomic E-state index is 0.0276. The molecule has 0 saturated carbocycles. The number of nitrogens with zero attached hydrogens (tertiary/aromatic N) is 2. The normalized spacial score (nSPS) is 15.8. The summed E-state index contributed by atoms with van der Waals surface area (Å²) in [6.45, 7) is 8.30. The van der Waals surface area contributed by atoms with Gasteiger partial charge in [0, 0.05) is 31.1 Å². The van der Waals surface area contributed by atoms with Crippen molar-refractivity contribution < 1.29 is 5.11 Å². The number of aliphatic hydroxyl groups excluding tert-OH is 1. The fraction of sp³-hybridized carbons (Fsp3) is 0.588. The molecule has 1 aromatic rings. The van der Waals surface area contributed by atoms with Crippen molar-refractivity contribution in [3.05, 3.63) is 35.9 Å². The lowest BCUT2D eigenvalue weighted by Gasteiger charge is -2.32. The van der Waals surface area contributed by atoms with Crippen LogP contribution in [0.4, 0.5) is 0 Å². The molecule has 0 radical (unpaired) electrons. The molecule has 0 aliphatic rings. The Morgan fingerprint density at radius 1 is 1.20 bits per heavy atom. The highest BCUT2D eigenvalue weighted by Crippen LogP contribution is 2.27. The zero-order chi connectivity index (χ0) is 15.3. The first kappa shape index (κ1) is 16.7. The third-order valence-corrected chi connectivity index (χ3v) is 3.31. The fourth-order valence-corrected chi connectivity index (χ4v) is 2.36. The molecular weight excluding hydrogens is 248 g/mol. The lowest BCUT2D eigenvalue weighted by atomic mass is 9.77. The molecule has 20 heavy (non-hydrogen) atoms. The van der Waals surface area contributed by atoms with Crippen LogP contribution in [0, 0.1) is 11.3 Å². The van der Waals surface area contributed by atoms with Crippen LogP contribution in [0.2, 0.25) is 0 Å². The van der Waals surface area contributed by atoms with E-state index in [4.69, 9.17) is 0 Å². The monoisotopic (exact) mass is 276 g/mol. The molecule has 0 aliphatic heterocycles. The molecule has 1 N–H and O–H groups in total. The molecule has 2 unspecified atom stereocenters. The van der Waals surface area contributed by atoms with Crippen molar-refractivity contribution in [1.29, 1.82) is 0 Å². The molecule has 3 nitrogen and oxygen atoms in total. The summed E-state index contributed by atoms with van der Waals surface area (Å²) in [7, 11) is 3.85. The summed E-state index contributed by atoms with van der Waals surface area (Å²) in [5, 5.41) is 16.7. The van der Waals surface area contributed by atoms with Gasteiger partial charge in [0.05, 0.1) is 6.10 Å². The maximum Gasteiger partial charge on any atom is 0.0596 e. The Kier molecular flexibility index (Phi) is 5.75. The number of benzene rings is 1. The van der Waals surface area contributed by atoms with Gasteiger partial charge in [-0.15, -0.1) is 0 Å². The Morgan fingerprint density at radius 3 is 2.15 bits per heavy atom. The van der Waals surface area contributed by atoms with Gasteiger partial charge in [0.15, 0.2) is 0 Å². The lowest BCUT2D eigenvalue weighted by molar-refractivity contribution is 0.151. The lowest BCUT2D eigenvalue weighted by Crippen LogP contribution is -2.37. The van der Waals surface area contributed by atoms with Crippen LogP contribution in [0.3, 0.4) is 0 Å². The SMILES string of the molecule is CC(O)C(Cc1ccccc1)/C(=N/N(C)C)C(C)(C)C. The molecule has 0 fully saturated rings. The second-order valence-electron chi connectivity index (χ2n) is 6.62. The van der Waals surface area contributed by atoms with Crippen LogP contribution in [0.5, 0.6) is 0 Å². The zero-order valence-electron chi connectivity index (χ0n) is 13.6. The van der Waals surface area contributed by atoms with Crippen molar-refractivity contribution in [2.45, 2.75) is 40.2 Å². The van der Waals surface area contributed by atoms with Gasteiger partial charge in [0.25, 0.3) is 0 Å². The van der Waals surface area contributed by atoms with Gasteiger partial charge in [-0.2, -0.15) is 5.10 Å². The summed E-state index contributed by atoms with van der Waals surface area (Å²) < 4.78 is 0. The van der Waals surface area contributed by atoms with Crippen LogP contribution in [0.25, 0.3) is 0 Å². The highest BCUT2D eigenvalue weighted by Gasteiger charge is 2.31. The number of hydrogen-bond acceptors (Lipinski definition) is 3. The van der Waals surface area contributed by atoms with Crippen LogP contribution in [0.15, 0.2) is 35.4 Å². The van der Waals surface area contributed by atoms with Crippen molar-refractivity contribution in [3.8, 4) is 0 Å². The summed E-state index contributed by atoms with van der Waals surface area (Å²) >= 11 is 0. The van der Waals surface area contributed by atoms with Gasteiger partial charge in [-0.3, -0.25) is 0 Å². The molecule has 0 heterocycles. The molecule has 0 aliphatic carbocycles. The Morgan fingerprint density at radius 2 is 1.75 bits per heavy atom. The minimum atomic E-state index is -0.423. The molecular formula is C17H28N2O. The quantitative estimate of drug-likeness (QED) is 0.662. The van der Waals surface area contributed by atoms with Crippen LogP contribution >= 0.6 is 0 Å². The van der Waals surface area contributed by atoms with Crippen molar-refractivity contribution in [3.63, 3.8) is 0 Å². The van der Waals surface area contributed by atoms with Crippen LogP contribution in [-0.4, -0.2) is 36.0 Å². The maximum absolute atomic E-state index is 10.2. The molecule has 112 valence electrons. The summed E-state index contributed by atoms with van der Waals surface area (Å²) in [5.41, 5.74) is 2.20. The van der Waals surface area contributed by atoms with E-state index < -0.39 is 6.10 Å². The van der Waals surface area contributed by atoms with Gasteiger partial charge in [0.2, 0.25) is 0 Å². The Bertz CT molecular complexity index is 430. The first-order valence-electron chi connectivity index (χ1n) is 7.20. The molecule has 0 bridgehead atoms. The highest BCUT2D eigenvalue weighted by molar-refractivity contribution is 5.91. The molecule has 2 atom stereocenters. The Balaban J connectivity index is 3.10. The molecule has 0 aromatic heterocycles. The van der Waals surface area contributed by atoms with E-state index in [0.29, 0.717) is 0 Å². The number of aliphatic hydroxyl groups is 1. The van der Waals surface area contributed by atoms with Crippen molar-refractivity contribution in [1.82, 2.24) is 5.01 Å². The predicted molar refractivity (Wildman–Crippen MR) is 85.9 cm³/mol. The van der Waals surface area contributed by atoms with E-state index >= 15 is 0 Å². The van der Waals surface area contributed by atoms with E-state index in [0.717, 1.165) is 12.1 Å². The summed E-state index contributed by atoms with van der Waals surface area (Å²) in [6.07, 6.45) is 0.385. The molecule has 1 rings (SSSR count). The molecule has 0 amide bonds. The minimum Gasteiger partial charge on any atom is -0.393 e. The second kappa shape index (κ2) is 6.89. The fourth-order valence-electron chi connectivity index (χ4n) is 2.36. The first-order valence-corrected chi connectivity index (χ1v) is 7.20. The van der Waals surface area contributed by atoms with E-state index in [9.17, 15) is 5.11 Å². The van der Waals surface area contributed by atoms with E-state index in [-0.39, 0.29) is 11.3 Å². The second-order valence-corrected chi connectivity index (χ2v) is 6.62. The average molecular weight is 276 g/mol. The summed E-state index contributed by atoms with van der Waals surface area (Å²) in [6, 6.07) is 10.3. The average Bonchev–Trinajstić information content (AvgIpc) is 2.33. The predicted octanol–water partition coefficient (Wildman–Crippen LogP) is 3.19. The van der Waals surface area contributed by atoms with E-state index in [1.54, 1.807) is 0 Å². The molecule has 3 heteroatoms. The van der Waals surface area contributed by atoms with Crippen molar-refractivity contribution in [2.75, 3.05) is 14.1 Å². The topological polar surface area (TPSA) is 35.8 Å². The van der Waals surface area contributed by atoms with Crippen LogP contribution in [0.1, 0.15) is 33.3 Å². The zero-order valence-corrected chi connectivity index (χ0v) is 13.6. The third-order valence-electron chi connectivity index (χ3n) is 3.31.